The summed E-state index contributed by atoms with van der Waals surface area (Å²) in [6.07, 6.45) is 8.03. The maximum absolute atomic E-state index is 11.2. The molecule has 10 nitrogen and oxygen atoms in total. The predicted molar refractivity (Wildman–Crippen MR) is 125 cm³/mol. The summed E-state index contributed by atoms with van der Waals surface area (Å²) >= 11 is 0. The van der Waals surface area contributed by atoms with E-state index in [0.717, 1.165) is 33.7 Å². The second-order valence-electron chi connectivity index (χ2n) is 8.32. The fourth-order valence-electron chi connectivity index (χ4n) is 4.29. The first-order valence-corrected chi connectivity index (χ1v) is 10.8. The zero-order valence-electron chi connectivity index (χ0n) is 18.3. The van der Waals surface area contributed by atoms with Gasteiger partial charge in [-0.2, -0.15) is 5.10 Å². The molecule has 0 radical (unpaired) electrons. The van der Waals surface area contributed by atoms with E-state index >= 15 is 0 Å². The highest BCUT2D eigenvalue weighted by Crippen LogP contribution is 2.34. The third-order valence-corrected chi connectivity index (χ3v) is 6.11. The molecule has 2 N–H and O–H groups in total. The number of aromatic nitrogens is 5. The van der Waals surface area contributed by atoms with E-state index in [0.29, 0.717) is 24.7 Å². The Balaban J connectivity index is 1.25. The van der Waals surface area contributed by atoms with Crippen LogP contribution in [0.5, 0.6) is 11.5 Å². The molecule has 1 saturated heterocycles. The lowest BCUT2D eigenvalue weighted by atomic mass is 9.92. The lowest BCUT2D eigenvalue weighted by Gasteiger charge is -2.37. The Morgan fingerprint density at radius 1 is 1.12 bits per heavy atom. The highest BCUT2D eigenvalue weighted by Gasteiger charge is 2.33. The van der Waals surface area contributed by atoms with Gasteiger partial charge in [0.05, 0.1) is 0 Å². The van der Waals surface area contributed by atoms with Crippen molar-refractivity contribution in [2.45, 2.75) is 12.8 Å². The summed E-state index contributed by atoms with van der Waals surface area (Å²) in [4.78, 5) is 21.3. The number of aryl methyl sites for hydroxylation is 1. The molecule has 1 aliphatic heterocycles. The maximum Gasteiger partial charge on any atom is 0.407 e. The lowest BCUT2D eigenvalue weighted by molar-refractivity contribution is 0.106. The van der Waals surface area contributed by atoms with Gasteiger partial charge in [-0.3, -0.25) is 0 Å². The van der Waals surface area contributed by atoms with Crippen molar-refractivity contribution in [2.75, 3.05) is 18.4 Å². The number of imidazole rings is 1. The number of amides is 1. The van der Waals surface area contributed by atoms with Gasteiger partial charge in [0.25, 0.3) is 0 Å². The average Bonchev–Trinajstić information content (AvgIpc) is 3.42. The van der Waals surface area contributed by atoms with Crippen LogP contribution in [0.4, 0.5) is 16.3 Å². The number of hydrogen-bond acceptors (Lipinski definition) is 6. The molecule has 1 aliphatic rings. The fourth-order valence-corrected chi connectivity index (χ4v) is 4.29. The van der Waals surface area contributed by atoms with E-state index in [1.807, 2.05) is 66.3 Å². The molecule has 4 aromatic heterocycles. The van der Waals surface area contributed by atoms with Gasteiger partial charge in [-0.15, -0.1) is 0 Å². The van der Waals surface area contributed by atoms with E-state index < -0.39 is 6.09 Å². The van der Waals surface area contributed by atoms with Gasteiger partial charge in [-0.1, -0.05) is 0 Å². The molecule has 5 aromatic rings. The second kappa shape index (κ2) is 7.77. The van der Waals surface area contributed by atoms with Gasteiger partial charge in [-0.05, 0) is 48.4 Å². The van der Waals surface area contributed by atoms with Crippen LogP contribution in [0.2, 0.25) is 0 Å². The molecular formula is C24H21N7O3. The molecule has 0 spiro atoms. The van der Waals surface area contributed by atoms with Crippen LogP contribution in [0.25, 0.3) is 11.2 Å². The number of hydrogen-bond donors (Lipinski definition) is 2. The lowest BCUT2D eigenvalue weighted by Crippen LogP contribution is -2.47. The van der Waals surface area contributed by atoms with Crippen LogP contribution in [0.1, 0.15) is 17.0 Å². The zero-order valence-corrected chi connectivity index (χ0v) is 18.3. The fraction of sp³-hybridized carbons (Fsp3) is 0.167. The van der Waals surface area contributed by atoms with Crippen LogP contribution >= 0.6 is 0 Å². The van der Waals surface area contributed by atoms with Crippen molar-refractivity contribution in [2.24, 2.45) is 0 Å². The van der Waals surface area contributed by atoms with Crippen LogP contribution in [0.15, 0.2) is 67.5 Å². The molecule has 0 atom stereocenters. The Hall–Kier alpha value is -4.60. The van der Waals surface area contributed by atoms with Crippen molar-refractivity contribution in [1.82, 2.24) is 28.9 Å². The maximum atomic E-state index is 11.2. The summed E-state index contributed by atoms with van der Waals surface area (Å²) < 4.78 is 9.78. The van der Waals surface area contributed by atoms with Crippen LogP contribution in [0.3, 0.4) is 0 Å². The van der Waals surface area contributed by atoms with Gasteiger partial charge in [0.15, 0.2) is 5.82 Å². The summed E-state index contributed by atoms with van der Waals surface area (Å²) in [5.41, 5.74) is 4.53. The number of pyridine rings is 1. The van der Waals surface area contributed by atoms with E-state index in [-0.39, 0.29) is 5.92 Å². The first kappa shape index (κ1) is 20.0. The number of benzene rings is 1. The van der Waals surface area contributed by atoms with E-state index in [9.17, 15) is 4.79 Å². The SMILES string of the molecule is Cc1cc(Nc2ncnn3ccc(C4CN(C(=O)O)C4)c23)ccc1Oc1ccn2ccnc2c1. The zero-order chi connectivity index (χ0) is 23.2. The van der Waals surface area contributed by atoms with E-state index in [4.69, 9.17) is 9.84 Å². The molecule has 0 bridgehead atoms. The van der Waals surface area contributed by atoms with Crippen molar-refractivity contribution >= 4 is 28.8 Å². The smallest absolute Gasteiger partial charge is 0.407 e. The van der Waals surface area contributed by atoms with Crippen LogP contribution in [-0.4, -0.2) is 53.2 Å². The highest BCUT2D eigenvalue weighted by molar-refractivity contribution is 5.78. The number of ether oxygens (including phenoxy) is 1. The van der Waals surface area contributed by atoms with Crippen molar-refractivity contribution in [3.63, 3.8) is 0 Å². The van der Waals surface area contributed by atoms with Crippen molar-refractivity contribution in [1.29, 1.82) is 0 Å². The molecule has 10 heteroatoms. The number of nitrogens with one attached hydrogen (secondary N) is 1. The van der Waals surface area contributed by atoms with Crippen molar-refractivity contribution < 1.29 is 14.6 Å². The molecule has 5 heterocycles. The average molecular weight is 455 g/mol. The number of nitrogens with zero attached hydrogens (tertiary/aromatic N) is 6. The Bertz CT molecular complexity index is 1530. The molecule has 6 rings (SSSR count). The van der Waals surface area contributed by atoms with E-state index in [1.54, 1.807) is 10.7 Å². The number of anilines is 2. The van der Waals surface area contributed by atoms with Gasteiger partial charge in [0, 0.05) is 55.5 Å². The van der Waals surface area contributed by atoms with Gasteiger partial charge >= 0.3 is 6.09 Å². The second-order valence-corrected chi connectivity index (χ2v) is 8.32. The number of rotatable bonds is 5. The molecule has 1 fully saturated rings. The molecule has 0 unspecified atom stereocenters. The first-order valence-electron chi connectivity index (χ1n) is 10.8. The quantitative estimate of drug-likeness (QED) is 0.407. The Kier molecular flexibility index (Phi) is 4.58. The van der Waals surface area contributed by atoms with Crippen LogP contribution in [-0.2, 0) is 0 Å². The number of fused-ring (bicyclic) bond motifs is 2. The summed E-state index contributed by atoms with van der Waals surface area (Å²) in [6, 6.07) is 11.6. The summed E-state index contributed by atoms with van der Waals surface area (Å²) in [5, 5.41) is 16.9. The molecule has 0 aliphatic carbocycles. The number of carboxylic acid groups (broad SMARTS) is 1. The highest BCUT2D eigenvalue weighted by atomic mass is 16.5. The van der Waals surface area contributed by atoms with Gasteiger partial charge < -0.3 is 24.5 Å². The van der Waals surface area contributed by atoms with Gasteiger partial charge in [-0.25, -0.2) is 19.3 Å². The Morgan fingerprint density at radius 2 is 2.00 bits per heavy atom. The van der Waals surface area contributed by atoms with Gasteiger partial charge in [0.1, 0.15) is 29.0 Å². The topological polar surface area (TPSA) is 109 Å². The Labute approximate surface area is 194 Å². The molecule has 170 valence electrons. The largest absolute Gasteiger partial charge is 0.465 e. The van der Waals surface area contributed by atoms with Crippen molar-refractivity contribution in [3.05, 3.63) is 78.6 Å². The predicted octanol–water partition coefficient (Wildman–Crippen LogP) is 4.30. The molecule has 34 heavy (non-hydrogen) atoms. The molecular weight excluding hydrogens is 434 g/mol. The summed E-state index contributed by atoms with van der Waals surface area (Å²) in [6.45, 7) is 2.93. The number of carbonyl (C=O) groups is 1. The monoisotopic (exact) mass is 455 g/mol. The summed E-state index contributed by atoms with van der Waals surface area (Å²) in [7, 11) is 0. The van der Waals surface area contributed by atoms with Crippen LogP contribution < -0.4 is 10.1 Å². The molecule has 0 saturated carbocycles. The minimum Gasteiger partial charge on any atom is -0.465 e. The minimum atomic E-state index is -0.892. The Morgan fingerprint density at radius 3 is 2.82 bits per heavy atom. The van der Waals surface area contributed by atoms with Gasteiger partial charge in [0.2, 0.25) is 0 Å². The molecule has 1 aromatic carbocycles. The van der Waals surface area contributed by atoms with E-state index in [2.05, 4.69) is 20.4 Å². The first-order chi connectivity index (χ1) is 16.5. The number of likely N-dealkylation sites (tertiary alicyclic amines) is 1. The normalized spacial score (nSPS) is 13.9. The molecule has 1 amide bonds. The standard InChI is InChI=1S/C24H21N7O3/c1-15-10-17(2-3-20(15)34-18-4-7-29-9-6-25-21(29)11-18)28-23-22-19(5-8-31(22)27-14-26-23)16-12-30(13-16)24(32)33/h2-11,14,16H,12-13H2,1H3,(H,32,33)(H,26,27,28). The minimum absolute atomic E-state index is 0.123. The third kappa shape index (κ3) is 3.45. The van der Waals surface area contributed by atoms with Crippen LogP contribution in [0, 0.1) is 6.92 Å². The van der Waals surface area contributed by atoms with E-state index in [1.165, 1.54) is 11.2 Å². The third-order valence-electron chi connectivity index (χ3n) is 6.11. The van der Waals surface area contributed by atoms with Crippen molar-refractivity contribution in [3.8, 4) is 11.5 Å². The summed E-state index contributed by atoms with van der Waals surface area (Å²) in [5.74, 6) is 2.26.